The van der Waals surface area contributed by atoms with Gasteiger partial charge in [0.1, 0.15) is 0 Å². The molecule has 4 bridgehead atoms. The molecule has 4 rings (SSSR count). The van der Waals surface area contributed by atoms with E-state index in [-0.39, 0.29) is 11.9 Å². The third-order valence-electron chi connectivity index (χ3n) is 6.31. The molecule has 4 saturated carbocycles. The highest BCUT2D eigenvalue weighted by Crippen LogP contribution is 2.61. The molecule has 0 aliphatic heterocycles. The molecule has 3 nitrogen and oxygen atoms in total. The minimum Gasteiger partial charge on any atom is -0.353 e. The summed E-state index contributed by atoms with van der Waals surface area (Å²) in [7, 11) is 0. The molecule has 3 heteroatoms. The van der Waals surface area contributed by atoms with E-state index in [2.05, 4.69) is 19.2 Å². The molecule has 1 amide bonds. The first-order valence-corrected chi connectivity index (χ1v) is 8.49. The monoisotopic (exact) mass is 278 g/mol. The second-order valence-corrected chi connectivity index (χ2v) is 8.16. The molecule has 3 N–H and O–H groups in total. The van der Waals surface area contributed by atoms with Crippen LogP contribution in [0.25, 0.3) is 0 Å². The fraction of sp³-hybridized carbons (Fsp3) is 0.941. The van der Waals surface area contributed by atoms with E-state index < -0.39 is 0 Å². The molecule has 2 unspecified atom stereocenters. The van der Waals surface area contributed by atoms with Crippen molar-refractivity contribution in [3.05, 3.63) is 0 Å². The summed E-state index contributed by atoms with van der Waals surface area (Å²) >= 11 is 0. The first-order valence-electron chi connectivity index (χ1n) is 8.49. The lowest BCUT2D eigenvalue weighted by atomic mass is 9.49. The van der Waals surface area contributed by atoms with Crippen molar-refractivity contribution in [1.82, 2.24) is 5.32 Å². The van der Waals surface area contributed by atoms with Crippen molar-refractivity contribution in [3.63, 3.8) is 0 Å². The van der Waals surface area contributed by atoms with Gasteiger partial charge in [0.05, 0.1) is 0 Å². The van der Waals surface area contributed by atoms with Crippen molar-refractivity contribution < 1.29 is 4.79 Å². The van der Waals surface area contributed by atoms with E-state index in [0.717, 1.165) is 24.2 Å². The first kappa shape index (κ1) is 14.4. The molecule has 2 atom stereocenters. The van der Waals surface area contributed by atoms with Gasteiger partial charge < -0.3 is 11.1 Å². The van der Waals surface area contributed by atoms with Crippen molar-refractivity contribution in [3.8, 4) is 0 Å². The van der Waals surface area contributed by atoms with Crippen LogP contribution in [0.1, 0.15) is 58.8 Å². The summed E-state index contributed by atoms with van der Waals surface area (Å²) in [5.74, 6) is 3.40. The van der Waals surface area contributed by atoms with Crippen molar-refractivity contribution in [2.45, 2.75) is 64.8 Å². The maximum atomic E-state index is 12.4. The fourth-order valence-electron chi connectivity index (χ4n) is 5.50. The van der Waals surface area contributed by atoms with Gasteiger partial charge in [-0.2, -0.15) is 0 Å². The predicted molar refractivity (Wildman–Crippen MR) is 81.0 cm³/mol. The number of nitrogens with two attached hydrogens (primary N) is 1. The molecule has 4 fully saturated rings. The Bertz CT molecular complexity index is 344. The molecule has 0 saturated heterocycles. The average Bonchev–Trinajstić information content (AvgIpc) is 2.34. The van der Waals surface area contributed by atoms with E-state index in [1.807, 2.05) is 0 Å². The Balaban J connectivity index is 1.59. The van der Waals surface area contributed by atoms with Crippen molar-refractivity contribution >= 4 is 5.91 Å². The van der Waals surface area contributed by atoms with Gasteiger partial charge in [-0.05, 0) is 81.1 Å². The standard InChI is InChI=1S/C17H30N2O/c1-11(10-18)12(2)19-16(20)9-17-6-13-3-14(7-17)5-15(4-13)8-17/h11-15H,3-10,18H2,1-2H3,(H,19,20). The first-order chi connectivity index (χ1) is 9.49. The highest BCUT2D eigenvalue weighted by Gasteiger charge is 2.51. The maximum absolute atomic E-state index is 12.4. The van der Waals surface area contributed by atoms with Crippen LogP contribution in [0, 0.1) is 29.1 Å². The minimum absolute atomic E-state index is 0.196. The van der Waals surface area contributed by atoms with Gasteiger partial charge in [-0.1, -0.05) is 6.92 Å². The summed E-state index contributed by atoms with van der Waals surface area (Å²) in [5, 5.41) is 3.19. The molecular formula is C17H30N2O. The van der Waals surface area contributed by atoms with Crippen LogP contribution in [0.4, 0.5) is 0 Å². The number of carbonyl (C=O) groups excluding carboxylic acids is 1. The van der Waals surface area contributed by atoms with Crippen molar-refractivity contribution in [2.75, 3.05) is 6.54 Å². The fourth-order valence-corrected chi connectivity index (χ4v) is 5.50. The lowest BCUT2D eigenvalue weighted by molar-refractivity contribution is -0.130. The van der Waals surface area contributed by atoms with Crippen molar-refractivity contribution in [1.29, 1.82) is 0 Å². The topological polar surface area (TPSA) is 55.1 Å². The smallest absolute Gasteiger partial charge is 0.220 e. The summed E-state index contributed by atoms with van der Waals surface area (Å²) in [6.45, 7) is 4.82. The molecule has 20 heavy (non-hydrogen) atoms. The van der Waals surface area contributed by atoms with Gasteiger partial charge in [-0.25, -0.2) is 0 Å². The lowest BCUT2D eigenvalue weighted by Gasteiger charge is -2.56. The summed E-state index contributed by atoms with van der Waals surface area (Å²) in [6, 6.07) is 0.196. The summed E-state index contributed by atoms with van der Waals surface area (Å²) in [5.41, 5.74) is 6.04. The van der Waals surface area contributed by atoms with Crippen molar-refractivity contribution in [2.24, 2.45) is 34.8 Å². The molecule has 4 aliphatic carbocycles. The van der Waals surface area contributed by atoms with Gasteiger partial charge in [0.25, 0.3) is 0 Å². The van der Waals surface area contributed by atoms with Gasteiger partial charge in [0.2, 0.25) is 5.91 Å². The maximum Gasteiger partial charge on any atom is 0.220 e. The van der Waals surface area contributed by atoms with Crippen LogP contribution in [-0.2, 0) is 4.79 Å². The highest BCUT2D eigenvalue weighted by atomic mass is 16.1. The molecule has 4 aliphatic rings. The third kappa shape index (κ3) is 2.74. The number of carbonyl (C=O) groups is 1. The van der Waals surface area contributed by atoms with E-state index in [9.17, 15) is 4.79 Å². The largest absolute Gasteiger partial charge is 0.353 e. The molecule has 114 valence electrons. The SMILES string of the molecule is CC(CN)C(C)NC(=O)CC12CC3CC(CC(C3)C1)C2. The van der Waals surface area contributed by atoms with Gasteiger partial charge in [-0.3, -0.25) is 4.79 Å². The van der Waals surface area contributed by atoms with E-state index in [1.165, 1.54) is 38.5 Å². The van der Waals surface area contributed by atoms with E-state index >= 15 is 0 Å². The van der Waals surface area contributed by atoms with Gasteiger partial charge in [0, 0.05) is 12.5 Å². The van der Waals surface area contributed by atoms with E-state index in [0.29, 0.717) is 17.9 Å². The Hall–Kier alpha value is -0.570. The second kappa shape index (κ2) is 5.32. The Kier molecular flexibility index (Phi) is 3.83. The van der Waals surface area contributed by atoms with Crippen LogP contribution in [-0.4, -0.2) is 18.5 Å². The van der Waals surface area contributed by atoms with Gasteiger partial charge in [-0.15, -0.1) is 0 Å². The zero-order valence-electron chi connectivity index (χ0n) is 13.0. The third-order valence-corrected chi connectivity index (χ3v) is 6.31. The predicted octanol–water partition coefficient (Wildman–Crippen LogP) is 2.69. The van der Waals surface area contributed by atoms with Gasteiger partial charge >= 0.3 is 0 Å². The zero-order valence-corrected chi connectivity index (χ0v) is 13.0. The molecule has 0 aromatic heterocycles. The molecule has 0 aromatic carbocycles. The van der Waals surface area contributed by atoms with Crippen LogP contribution in [0.5, 0.6) is 0 Å². The Labute approximate surface area is 123 Å². The summed E-state index contributed by atoms with van der Waals surface area (Å²) in [6.07, 6.45) is 9.04. The highest BCUT2D eigenvalue weighted by molar-refractivity contribution is 5.77. The Morgan fingerprint density at radius 3 is 2.10 bits per heavy atom. The second-order valence-electron chi connectivity index (χ2n) is 8.16. The van der Waals surface area contributed by atoms with E-state index in [4.69, 9.17) is 5.73 Å². The molecule has 0 heterocycles. The number of hydrogen-bond acceptors (Lipinski definition) is 2. The lowest BCUT2D eigenvalue weighted by Crippen LogP contribution is -2.49. The van der Waals surface area contributed by atoms with E-state index in [1.54, 1.807) is 0 Å². The number of rotatable bonds is 5. The molecule has 0 spiro atoms. The number of amides is 1. The van der Waals surface area contributed by atoms with Crippen LogP contribution in [0.3, 0.4) is 0 Å². The van der Waals surface area contributed by atoms with Gasteiger partial charge in [0.15, 0.2) is 0 Å². The molecule has 0 radical (unpaired) electrons. The Morgan fingerprint density at radius 2 is 1.65 bits per heavy atom. The molecule has 0 aromatic rings. The number of hydrogen-bond donors (Lipinski definition) is 2. The van der Waals surface area contributed by atoms with Crippen LogP contribution in [0.15, 0.2) is 0 Å². The zero-order chi connectivity index (χ0) is 14.3. The average molecular weight is 278 g/mol. The summed E-state index contributed by atoms with van der Waals surface area (Å²) in [4.78, 5) is 12.4. The van der Waals surface area contributed by atoms with Crippen LogP contribution in [0.2, 0.25) is 0 Å². The summed E-state index contributed by atoms with van der Waals surface area (Å²) < 4.78 is 0. The Morgan fingerprint density at radius 1 is 1.15 bits per heavy atom. The van der Waals surface area contributed by atoms with Crippen LogP contribution >= 0.6 is 0 Å². The quantitative estimate of drug-likeness (QED) is 0.812. The minimum atomic E-state index is 0.196. The number of nitrogens with one attached hydrogen (secondary N) is 1. The molecular weight excluding hydrogens is 248 g/mol. The normalized spacial score (nSPS) is 41.5. The van der Waals surface area contributed by atoms with Crippen LogP contribution < -0.4 is 11.1 Å².